The predicted octanol–water partition coefficient (Wildman–Crippen LogP) is 2.34. The van der Waals surface area contributed by atoms with E-state index >= 15 is 0 Å². The van der Waals surface area contributed by atoms with Crippen molar-refractivity contribution in [2.45, 2.75) is 39.8 Å². The van der Waals surface area contributed by atoms with Crippen molar-refractivity contribution in [3.8, 4) is 0 Å². The van der Waals surface area contributed by atoms with Crippen LogP contribution in [0.2, 0.25) is 0 Å². The lowest BCUT2D eigenvalue weighted by atomic mass is 9.99. The van der Waals surface area contributed by atoms with Crippen molar-refractivity contribution in [2.24, 2.45) is 5.92 Å². The third-order valence-corrected chi connectivity index (χ3v) is 4.10. The molecule has 0 saturated heterocycles. The Kier molecular flexibility index (Phi) is 4.55. The number of aromatic nitrogens is 2. The molecule has 2 unspecified atom stereocenters. The molecule has 0 aliphatic carbocycles. The zero-order chi connectivity index (χ0) is 14.7. The van der Waals surface area contributed by atoms with Gasteiger partial charge in [-0.1, -0.05) is 32.4 Å². The second-order valence-electron chi connectivity index (χ2n) is 5.38. The molecule has 0 amide bonds. The first kappa shape index (κ1) is 14.7. The van der Waals surface area contributed by atoms with Crippen molar-refractivity contribution in [3.63, 3.8) is 0 Å². The van der Waals surface area contributed by atoms with Gasteiger partial charge in [0, 0.05) is 12.6 Å². The van der Waals surface area contributed by atoms with E-state index in [0.29, 0.717) is 18.2 Å². The lowest BCUT2D eigenvalue weighted by Gasteiger charge is -2.24. The molecule has 4 nitrogen and oxygen atoms in total. The molecule has 0 saturated carbocycles. The summed E-state index contributed by atoms with van der Waals surface area (Å²) in [6, 6.07) is 8.10. The van der Waals surface area contributed by atoms with Crippen molar-refractivity contribution in [1.29, 1.82) is 0 Å². The summed E-state index contributed by atoms with van der Waals surface area (Å²) >= 11 is 0. The van der Waals surface area contributed by atoms with Gasteiger partial charge >= 0.3 is 0 Å². The molecular formula is C16H23N3O. The zero-order valence-electron chi connectivity index (χ0n) is 12.7. The van der Waals surface area contributed by atoms with Crippen LogP contribution in [0.4, 0.5) is 0 Å². The molecule has 0 bridgehead atoms. The topological polar surface area (TPSA) is 46.9 Å². The maximum absolute atomic E-state index is 12.4. The first-order chi connectivity index (χ1) is 9.58. The van der Waals surface area contributed by atoms with Crippen LogP contribution in [0.1, 0.15) is 26.0 Å². The lowest BCUT2D eigenvalue weighted by molar-refractivity contribution is 0.348. The van der Waals surface area contributed by atoms with Crippen LogP contribution >= 0.6 is 0 Å². The number of rotatable bonds is 5. The molecule has 20 heavy (non-hydrogen) atoms. The van der Waals surface area contributed by atoms with Gasteiger partial charge in [0.1, 0.15) is 5.69 Å². The SMILES string of the molecule is CCC(C)C(Cn1c(=O)c(C)nc2ccccc21)NC. The van der Waals surface area contributed by atoms with Crippen LogP contribution in [0, 0.1) is 12.8 Å². The van der Waals surface area contributed by atoms with E-state index in [9.17, 15) is 4.79 Å². The molecule has 0 radical (unpaired) electrons. The standard InChI is InChI=1S/C16H23N3O/c1-5-11(2)14(17-4)10-19-15-9-7-6-8-13(15)18-12(3)16(19)20/h6-9,11,14,17H,5,10H2,1-4H3. The molecule has 1 aromatic carbocycles. The van der Waals surface area contributed by atoms with Crippen LogP contribution in [-0.4, -0.2) is 22.6 Å². The monoisotopic (exact) mass is 273 g/mol. The summed E-state index contributed by atoms with van der Waals surface area (Å²) < 4.78 is 1.85. The number of fused-ring (bicyclic) bond motifs is 1. The Hall–Kier alpha value is -1.68. The number of benzene rings is 1. The molecule has 0 aliphatic heterocycles. The minimum atomic E-state index is 0.00672. The minimum absolute atomic E-state index is 0.00672. The molecule has 1 N–H and O–H groups in total. The maximum atomic E-state index is 12.4. The second kappa shape index (κ2) is 6.18. The molecule has 0 spiro atoms. The van der Waals surface area contributed by atoms with E-state index in [1.807, 2.05) is 35.9 Å². The Morgan fingerprint density at radius 3 is 2.70 bits per heavy atom. The summed E-state index contributed by atoms with van der Waals surface area (Å²) in [5.74, 6) is 0.513. The highest BCUT2D eigenvalue weighted by Crippen LogP contribution is 2.14. The van der Waals surface area contributed by atoms with Gasteiger partial charge in [0.25, 0.3) is 5.56 Å². The maximum Gasteiger partial charge on any atom is 0.272 e. The zero-order valence-corrected chi connectivity index (χ0v) is 12.7. The lowest BCUT2D eigenvalue weighted by Crippen LogP contribution is -2.39. The highest BCUT2D eigenvalue weighted by molar-refractivity contribution is 5.74. The average molecular weight is 273 g/mol. The van der Waals surface area contributed by atoms with Crippen LogP contribution in [0.15, 0.2) is 29.1 Å². The molecule has 4 heteroatoms. The van der Waals surface area contributed by atoms with Crippen LogP contribution in [0.5, 0.6) is 0 Å². The quantitative estimate of drug-likeness (QED) is 0.909. The summed E-state index contributed by atoms with van der Waals surface area (Å²) in [5, 5.41) is 3.33. The highest BCUT2D eigenvalue weighted by Gasteiger charge is 2.17. The predicted molar refractivity (Wildman–Crippen MR) is 83.0 cm³/mol. The molecule has 1 heterocycles. The fourth-order valence-corrected chi connectivity index (χ4v) is 2.54. The Bertz CT molecular complexity index is 648. The Morgan fingerprint density at radius 2 is 2.05 bits per heavy atom. The normalized spacial score (nSPS) is 14.4. The first-order valence-corrected chi connectivity index (χ1v) is 7.22. The van der Waals surface area contributed by atoms with Gasteiger partial charge in [0.05, 0.1) is 11.0 Å². The Balaban J connectivity index is 2.52. The number of hydrogen-bond donors (Lipinski definition) is 1. The summed E-state index contributed by atoms with van der Waals surface area (Å²) in [5.41, 5.74) is 2.35. The van der Waals surface area contributed by atoms with Crippen molar-refractivity contribution in [1.82, 2.24) is 14.9 Å². The van der Waals surface area contributed by atoms with Gasteiger partial charge < -0.3 is 9.88 Å². The summed E-state index contributed by atoms with van der Waals surface area (Å²) in [6.45, 7) is 6.84. The molecule has 0 aliphatic rings. The van der Waals surface area contributed by atoms with Gasteiger partial charge in [-0.2, -0.15) is 0 Å². The van der Waals surface area contributed by atoms with Crippen molar-refractivity contribution < 1.29 is 0 Å². The highest BCUT2D eigenvalue weighted by atomic mass is 16.1. The van der Waals surface area contributed by atoms with Crippen LogP contribution in [-0.2, 0) is 6.54 Å². The van der Waals surface area contributed by atoms with Gasteiger partial charge in [0.15, 0.2) is 0 Å². The Labute approximate surface area is 119 Å². The molecule has 2 aromatic rings. The summed E-state index contributed by atoms with van der Waals surface area (Å²) in [4.78, 5) is 16.8. The number of nitrogens with one attached hydrogen (secondary N) is 1. The molecule has 0 fully saturated rings. The van der Waals surface area contributed by atoms with Crippen LogP contribution in [0.3, 0.4) is 0 Å². The fourth-order valence-electron chi connectivity index (χ4n) is 2.54. The van der Waals surface area contributed by atoms with Gasteiger partial charge in [-0.25, -0.2) is 4.98 Å². The van der Waals surface area contributed by atoms with E-state index in [-0.39, 0.29) is 11.6 Å². The van der Waals surface area contributed by atoms with Crippen molar-refractivity contribution in [2.75, 3.05) is 7.05 Å². The van der Waals surface area contributed by atoms with Gasteiger partial charge in [-0.15, -0.1) is 0 Å². The van der Waals surface area contributed by atoms with Crippen LogP contribution < -0.4 is 10.9 Å². The number of aryl methyl sites for hydroxylation is 1. The van der Waals surface area contributed by atoms with E-state index in [2.05, 4.69) is 24.1 Å². The fraction of sp³-hybridized carbons (Fsp3) is 0.500. The van der Waals surface area contributed by atoms with Crippen molar-refractivity contribution in [3.05, 3.63) is 40.3 Å². The minimum Gasteiger partial charge on any atom is -0.315 e. The largest absolute Gasteiger partial charge is 0.315 e. The van der Waals surface area contributed by atoms with E-state index in [4.69, 9.17) is 0 Å². The number of hydrogen-bond acceptors (Lipinski definition) is 3. The number of nitrogens with zero attached hydrogens (tertiary/aromatic N) is 2. The summed E-state index contributed by atoms with van der Waals surface area (Å²) in [7, 11) is 1.96. The molecule has 1 aromatic heterocycles. The Morgan fingerprint density at radius 1 is 1.35 bits per heavy atom. The van der Waals surface area contributed by atoms with Crippen LogP contribution in [0.25, 0.3) is 11.0 Å². The first-order valence-electron chi connectivity index (χ1n) is 7.22. The molecular weight excluding hydrogens is 250 g/mol. The number of para-hydroxylation sites is 2. The summed E-state index contributed by atoms with van der Waals surface area (Å²) in [6.07, 6.45) is 1.09. The molecule has 2 atom stereocenters. The third kappa shape index (κ3) is 2.75. The average Bonchev–Trinajstić information content (AvgIpc) is 2.47. The third-order valence-electron chi connectivity index (χ3n) is 4.10. The van der Waals surface area contributed by atoms with E-state index < -0.39 is 0 Å². The van der Waals surface area contributed by atoms with E-state index in [1.54, 1.807) is 6.92 Å². The van der Waals surface area contributed by atoms with Crippen molar-refractivity contribution >= 4 is 11.0 Å². The van der Waals surface area contributed by atoms with Gasteiger partial charge in [0.2, 0.25) is 0 Å². The van der Waals surface area contributed by atoms with E-state index in [1.165, 1.54) is 0 Å². The number of likely N-dealkylation sites (N-methyl/N-ethyl adjacent to an activating group) is 1. The second-order valence-corrected chi connectivity index (χ2v) is 5.38. The smallest absolute Gasteiger partial charge is 0.272 e. The molecule has 2 rings (SSSR count). The molecule has 108 valence electrons. The van der Waals surface area contributed by atoms with Gasteiger partial charge in [-0.3, -0.25) is 4.79 Å². The van der Waals surface area contributed by atoms with Gasteiger partial charge in [-0.05, 0) is 32.0 Å². The van der Waals surface area contributed by atoms with E-state index in [0.717, 1.165) is 17.5 Å².